The molecular formula is C14H17NO3. The number of carbonyl (C=O) groups excluding carboxylic acids is 1. The minimum atomic E-state index is 0.201. The normalized spacial score (nSPS) is 17.3. The molecule has 1 aromatic carbocycles. The van der Waals surface area contributed by atoms with Gasteiger partial charge >= 0.3 is 0 Å². The van der Waals surface area contributed by atoms with Crippen molar-refractivity contribution in [2.75, 3.05) is 19.8 Å². The van der Waals surface area contributed by atoms with Crippen molar-refractivity contribution in [2.45, 2.75) is 19.3 Å². The highest BCUT2D eigenvalue weighted by molar-refractivity contribution is 5.80. The summed E-state index contributed by atoms with van der Waals surface area (Å²) in [4.78, 5) is 11.5. The second kappa shape index (κ2) is 4.88. The lowest BCUT2D eigenvalue weighted by Crippen LogP contribution is -2.27. The first-order valence-electron chi connectivity index (χ1n) is 6.49. The Balaban J connectivity index is 1.54. The Morgan fingerprint density at radius 1 is 1.22 bits per heavy atom. The van der Waals surface area contributed by atoms with E-state index in [1.807, 2.05) is 18.2 Å². The van der Waals surface area contributed by atoms with Crippen LogP contribution in [0.1, 0.15) is 18.4 Å². The van der Waals surface area contributed by atoms with Crippen molar-refractivity contribution in [3.05, 3.63) is 23.8 Å². The summed E-state index contributed by atoms with van der Waals surface area (Å²) in [5, 5.41) is 2.96. The number of carbonyl (C=O) groups is 1. The fourth-order valence-corrected chi connectivity index (χ4v) is 2.06. The predicted octanol–water partition coefficient (Wildman–Crippen LogP) is 1.53. The molecule has 1 heterocycles. The summed E-state index contributed by atoms with van der Waals surface area (Å²) < 4.78 is 11.0. The molecule has 1 fully saturated rings. The summed E-state index contributed by atoms with van der Waals surface area (Å²) in [7, 11) is 0. The fourth-order valence-electron chi connectivity index (χ4n) is 2.06. The molecule has 96 valence electrons. The van der Waals surface area contributed by atoms with E-state index in [4.69, 9.17) is 9.47 Å². The number of fused-ring (bicyclic) bond motifs is 1. The van der Waals surface area contributed by atoms with E-state index in [0.717, 1.165) is 36.3 Å². The van der Waals surface area contributed by atoms with Gasteiger partial charge in [0.1, 0.15) is 13.2 Å². The zero-order valence-electron chi connectivity index (χ0n) is 10.3. The largest absolute Gasteiger partial charge is 0.486 e. The lowest BCUT2D eigenvalue weighted by molar-refractivity contribution is -0.122. The monoisotopic (exact) mass is 247 g/mol. The van der Waals surface area contributed by atoms with Gasteiger partial charge in [-0.3, -0.25) is 4.79 Å². The number of hydrogen-bond acceptors (Lipinski definition) is 3. The van der Waals surface area contributed by atoms with E-state index in [1.54, 1.807) is 0 Å². The predicted molar refractivity (Wildman–Crippen MR) is 66.9 cm³/mol. The summed E-state index contributed by atoms with van der Waals surface area (Å²) in [6.07, 6.45) is 2.93. The van der Waals surface area contributed by atoms with E-state index in [-0.39, 0.29) is 11.8 Å². The smallest absolute Gasteiger partial charge is 0.223 e. The van der Waals surface area contributed by atoms with E-state index in [9.17, 15) is 4.79 Å². The van der Waals surface area contributed by atoms with Crippen molar-refractivity contribution in [3.63, 3.8) is 0 Å². The molecule has 1 aromatic rings. The maximum atomic E-state index is 11.5. The van der Waals surface area contributed by atoms with Crippen molar-refractivity contribution in [1.82, 2.24) is 5.32 Å². The Labute approximate surface area is 106 Å². The first-order valence-corrected chi connectivity index (χ1v) is 6.49. The molecule has 0 atom stereocenters. The molecule has 4 heteroatoms. The average Bonchev–Trinajstić information content (AvgIpc) is 3.23. The lowest BCUT2D eigenvalue weighted by atomic mass is 10.1. The van der Waals surface area contributed by atoms with Gasteiger partial charge in [-0.15, -0.1) is 0 Å². The highest BCUT2D eigenvalue weighted by atomic mass is 16.6. The number of ether oxygens (including phenoxy) is 2. The van der Waals surface area contributed by atoms with Gasteiger partial charge < -0.3 is 14.8 Å². The van der Waals surface area contributed by atoms with E-state index >= 15 is 0 Å². The van der Waals surface area contributed by atoms with Gasteiger partial charge in [0.05, 0.1) is 0 Å². The topological polar surface area (TPSA) is 47.6 Å². The van der Waals surface area contributed by atoms with Crippen LogP contribution in [0.2, 0.25) is 0 Å². The number of nitrogens with one attached hydrogen (secondary N) is 1. The third-order valence-electron chi connectivity index (χ3n) is 3.27. The molecule has 0 unspecified atom stereocenters. The molecule has 0 bridgehead atoms. The molecular weight excluding hydrogens is 230 g/mol. The van der Waals surface area contributed by atoms with Gasteiger partial charge in [-0.25, -0.2) is 0 Å². The summed E-state index contributed by atoms with van der Waals surface area (Å²) in [6, 6.07) is 5.96. The first kappa shape index (κ1) is 11.4. The summed E-state index contributed by atoms with van der Waals surface area (Å²) >= 11 is 0. The van der Waals surface area contributed by atoms with Crippen LogP contribution in [0.25, 0.3) is 0 Å². The Morgan fingerprint density at radius 3 is 2.78 bits per heavy atom. The molecule has 0 radical (unpaired) electrons. The summed E-state index contributed by atoms with van der Waals surface area (Å²) in [6.45, 7) is 1.91. The molecule has 18 heavy (non-hydrogen) atoms. The SMILES string of the molecule is O=C(NCCc1ccc2c(c1)OCCO2)C1CC1. The zero-order valence-corrected chi connectivity index (χ0v) is 10.3. The minimum absolute atomic E-state index is 0.201. The Morgan fingerprint density at radius 2 is 2.00 bits per heavy atom. The van der Waals surface area contributed by atoms with Crippen LogP contribution in [0, 0.1) is 5.92 Å². The average molecular weight is 247 g/mol. The molecule has 1 saturated carbocycles. The van der Waals surface area contributed by atoms with Gasteiger partial charge in [0.15, 0.2) is 11.5 Å². The van der Waals surface area contributed by atoms with Gasteiger partial charge in [0, 0.05) is 12.5 Å². The van der Waals surface area contributed by atoms with Crippen LogP contribution < -0.4 is 14.8 Å². The number of amides is 1. The lowest BCUT2D eigenvalue weighted by Gasteiger charge is -2.18. The molecule has 0 aromatic heterocycles. The van der Waals surface area contributed by atoms with Crippen LogP contribution in [0.4, 0.5) is 0 Å². The van der Waals surface area contributed by atoms with Crippen LogP contribution in [0.15, 0.2) is 18.2 Å². The van der Waals surface area contributed by atoms with E-state index in [1.165, 1.54) is 0 Å². The molecule has 4 nitrogen and oxygen atoms in total. The Kier molecular flexibility index (Phi) is 3.09. The van der Waals surface area contributed by atoms with Crippen LogP contribution in [0.3, 0.4) is 0 Å². The second-order valence-corrected chi connectivity index (χ2v) is 4.79. The standard InChI is InChI=1S/C14H17NO3/c16-14(11-2-3-11)15-6-5-10-1-4-12-13(9-10)18-8-7-17-12/h1,4,9,11H,2-3,5-8H2,(H,15,16). The molecule has 3 rings (SSSR count). The van der Waals surface area contributed by atoms with Crippen molar-refractivity contribution in [2.24, 2.45) is 5.92 Å². The minimum Gasteiger partial charge on any atom is -0.486 e. The van der Waals surface area contributed by atoms with Crippen LogP contribution in [0.5, 0.6) is 11.5 Å². The maximum absolute atomic E-state index is 11.5. The van der Waals surface area contributed by atoms with Gasteiger partial charge in [-0.1, -0.05) is 6.07 Å². The third kappa shape index (κ3) is 2.58. The molecule has 0 saturated heterocycles. The number of hydrogen-bond donors (Lipinski definition) is 1. The van der Waals surface area contributed by atoms with Gasteiger partial charge in [-0.05, 0) is 37.0 Å². The van der Waals surface area contributed by atoms with Gasteiger partial charge in [0.2, 0.25) is 5.91 Å². The van der Waals surface area contributed by atoms with E-state index in [0.29, 0.717) is 19.8 Å². The molecule has 1 aliphatic carbocycles. The van der Waals surface area contributed by atoms with Crippen molar-refractivity contribution >= 4 is 5.91 Å². The molecule has 1 aliphatic heterocycles. The van der Waals surface area contributed by atoms with Crippen LogP contribution in [-0.2, 0) is 11.2 Å². The molecule has 2 aliphatic rings. The van der Waals surface area contributed by atoms with Gasteiger partial charge in [0.25, 0.3) is 0 Å². The van der Waals surface area contributed by atoms with Crippen LogP contribution >= 0.6 is 0 Å². The number of rotatable bonds is 4. The van der Waals surface area contributed by atoms with Gasteiger partial charge in [-0.2, -0.15) is 0 Å². The van der Waals surface area contributed by atoms with E-state index < -0.39 is 0 Å². The van der Waals surface area contributed by atoms with Crippen molar-refractivity contribution in [3.8, 4) is 11.5 Å². The maximum Gasteiger partial charge on any atom is 0.223 e. The zero-order chi connectivity index (χ0) is 12.4. The summed E-state index contributed by atoms with van der Waals surface area (Å²) in [5.41, 5.74) is 1.16. The Hall–Kier alpha value is -1.71. The fraction of sp³-hybridized carbons (Fsp3) is 0.500. The quantitative estimate of drug-likeness (QED) is 0.877. The highest BCUT2D eigenvalue weighted by Crippen LogP contribution is 2.31. The third-order valence-corrected chi connectivity index (χ3v) is 3.27. The Bertz CT molecular complexity index is 454. The number of benzene rings is 1. The second-order valence-electron chi connectivity index (χ2n) is 4.79. The molecule has 1 amide bonds. The molecule has 1 N–H and O–H groups in total. The van der Waals surface area contributed by atoms with Crippen molar-refractivity contribution < 1.29 is 14.3 Å². The van der Waals surface area contributed by atoms with E-state index in [2.05, 4.69) is 5.32 Å². The molecule has 0 spiro atoms. The first-order chi connectivity index (χ1) is 8.83. The summed E-state index contributed by atoms with van der Waals surface area (Å²) in [5.74, 6) is 2.11. The highest BCUT2D eigenvalue weighted by Gasteiger charge is 2.28. The van der Waals surface area contributed by atoms with Crippen LogP contribution in [-0.4, -0.2) is 25.7 Å². The van der Waals surface area contributed by atoms with Crippen molar-refractivity contribution in [1.29, 1.82) is 0 Å².